The summed E-state index contributed by atoms with van der Waals surface area (Å²) in [6.45, 7) is 14.2. The minimum Gasteiger partial charge on any atom is -0.322 e. The minimum atomic E-state index is -0.213. The van der Waals surface area contributed by atoms with Gasteiger partial charge >= 0.3 is 0 Å². The average molecular weight is 487 g/mol. The lowest BCUT2D eigenvalue weighted by atomic mass is 9.97. The molecule has 0 saturated heterocycles. The number of aryl methyl sites for hydroxylation is 1. The molecule has 7 nitrogen and oxygen atoms in total. The van der Waals surface area contributed by atoms with E-state index in [2.05, 4.69) is 97.3 Å². The van der Waals surface area contributed by atoms with Gasteiger partial charge in [-0.15, -0.1) is 5.10 Å². The highest BCUT2D eigenvalue weighted by Crippen LogP contribution is 2.32. The van der Waals surface area contributed by atoms with Crippen LogP contribution in [0.5, 0.6) is 0 Å². The van der Waals surface area contributed by atoms with Crippen LogP contribution in [0.25, 0.3) is 10.9 Å². The number of nitrogens with zero attached hydrogens (tertiary/aromatic N) is 5. The zero-order chi connectivity index (χ0) is 25.9. The van der Waals surface area contributed by atoms with Gasteiger partial charge in [-0.25, -0.2) is 4.68 Å². The molecule has 2 aromatic heterocycles. The Morgan fingerprint density at radius 2 is 1.83 bits per heavy atom. The van der Waals surface area contributed by atoms with E-state index < -0.39 is 0 Å². The first kappa shape index (κ1) is 25.8. The molecule has 4 rings (SSSR count). The molecule has 0 saturated carbocycles. The Bertz CT molecular complexity index is 1360. The first-order valence-corrected chi connectivity index (χ1v) is 12.9. The molecule has 0 spiro atoms. The molecule has 7 heteroatoms. The van der Waals surface area contributed by atoms with Gasteiger partial charge in [-0.3, -0.25) is 9.69 Å². The highest BCUT2D eigenvalue weighted by Gasteiger charge is 2.33. The van der Waals surface area contributed by atoms with Gasteiger partial charge in [-0.05, 0) is 79.1 Å². The first-order chi connectivity index (χ1) is 17.2. The second-order valence-corrected chi connectivity index (χ2v) is 10.7. The van der Waals surface area contributed by atoms with Crippen LogP contribution in [0.3, 0.4) is 0 Å². The maximum Gasteiger partial charge on any atom is 0.252 e. The molecular formula is C29H38N6O. The lowest BCUT2D eigenvalue weighted by molar-refractivity contribution is 0.127. The van der Waals surface area contributed by atoms with Gasteiger partial charge in [0.05, 0.1) is 11.6 Å². The maximum atomic E-state index is 13.2. The Kier molecular flexibility index (Phi) is 7.69. The summed E-state index contributed by atoms with van der Waals surface area (Å²) in [6, 6.07) is 18.6. The average Bonchev–Trinajstić information content (AvgIpc) is 3.34. The normalized spacial score (nSPS) is 13.1. The third-order valence-corrected chi connectivity index (χ3v) is 7.20. The van der Waals surface area contributed by atoms with E-state index in [-0.39, 0.29) is 23.1 Å². The third kappa shape index (κ3) is 5.57. The summed E-state index contributed by atoms with van der Waals surface area (Å²) in [5.41, 5.74) is 3.78. The molecule has 36 heavy (non-hydrogen) atoms. The van der Waals surface area contributed by atoms with Crippen molar-refractivity contribution in [3.05, 3.63) is 87.5 Å². The smallest absolute Gasteiger partial charge is 0.252 e. The number of nitrogens with one attached hydrogen (secondary N) is 1. The summed E-state index contributed by atoms with van der Waals surface area (Å²) in [6.07, 6.45) is 1.77. The largest absolute Gasteiger partial charge is 0.322 e. The number of fused-ring (bicyclic) bond motifs is 1. The summed E-state index contributed by atoms with van der Waals surface area (Å²) in [7, 11) is 0. The van der Waals surface area contributed by atoms with Crippen LogP contribution in [-0.4, -0.2) is 36.6 Å². The van der Waals surface area contributed by atoms with Crippen LogP contribution in [0.1, 0.15) is 69.6 Å². The Labute approximate surface area is 213 Å². The van der Waals surface area contributed by atoms with E-state index in [4.69, 9.17) is 0 Å². The fourth-order valence-electron chi connectivity index (χ4n) is 4.78. The number of pyridine rings is 1. The molecule has 2 aromatic carbocycles. The molecule has 0 bridgehead atoms. The topological polar surface area (TPSA) is 79.7 Å². The Morgan fingerprint density at radius 1 is 1.08 bits per heavy atom. The Hall–Kier alpha value is -3.32. The van der Waals surface area contributed by atoms with Crippen LogP contribution < -0.4 is 5.56 Å². The van der Waals surface area contributed by atoms with Crippen molar-refractivity contribution in [2.75, 3.05) is 6.54 Å². The van der Waals surface area contributed by atoms with Crippen LogP contribution in [0, 0.1) is 12.8 Å². The standard InChI is InChI=1S/C29H38N6O/c1-7-29(5,6)35-27(31-32-33-35)26(20(2)3)34(16-15-22-11-9-8-10-12-22)19-24-18-23-17-21(4)13-14-25(23)30-28(24)36/h8-14,17-18,20,26H,7,15-16,19H2,1-6H3,(H,30,36). The lowest BCUT2D eigenvalue weighted by Crippen LogP contribution is -2.39. The number of rotatable bonds is 10. The molecule has 1 unspecified atom stereocenters. The number of hydrogen-bond acceptors (Lipinski definition) is 5. The summed E-state index contributed by atoms with van der Waals surface area (Å²) in [5.74, 6) is 1.08. The van der Waals surface area contributed by atoms with Gasteiger partial charge in [0.1, 0.15) is 0 Å². The van der Waals surface area contributed by atoms with E-state index in [1.807, 2.05) is 28.9 Å². The van der Waals surface area contributed by atoms with Gasteiger partial charge in [-0.1, -0.05) is 62.7 Å². The summed E-state index contributed by atoms with van der Waals surface area (Å²) < 4.78 is 1.97. The SMILES string of the molecule is CCC(C)(C)n1nnnc1C(C(C)C)N(CCc1ccccc1)Cc1cc2cc(C)ccc2[nH]c1=O. The van der Waals surface area contributed by atoms with Gasteiger partial charge in [-0.2, -0.15) is 0 Å². The van der Waals surface area contributed by atoms with Crippen molar-refractivity contribution in [2.24, 2.45) is 5.92 Å². The first-order valence-electron chi connectivity index (χ1n) is 12.9. The molecule has 2 heterocycles. The Morgan fingerprint density at radius 3 is 2.53 bits per heavy atom. The van der Waals surface area contributed by atoms with Gasteiger partial charge in [0.2, 0.25) is 0 Å². The predicted octanol–water partition coefficient (Wildman–Crippen LogP) is 5.41. The lowest BCUT2D eigenvalue weighted by Gasteiger charge is -2.35. The van der Waals surface area contributed by atoms with E-state index in [0.717, 1.165) is 41.7 Å². The van der Waals surface area contributed by atoms with Gasteiger partial charge in [0.15, 0.2) is 5.82 Å². The Balaban J connectivity index is 1.76. The van der Waals surface area contributed by atoms with Crippen molar-refractivity contribution in [3.8, 4) is 0 Å². The van der Waals surface area contributed by atoms with Crippen molar-refractivity contribution in [1.82, 2.24) is 30.1 Å². The van der Waals surface area contributed by atoms with E-state index in [1.165, 1.54) is 11.1 Å². The van der Waals surface area contributed by atoms with Crippen molar-refractivity contribution >= 4 is 10.9 Å². The second kappa shape index (κ2) is 10.7. The molecule has 190 valence electrons. The van der Waals surface area contributed by atoms with Crippen LogP contribution >= 0.6 is 0 Å². The predicted molar refractivity (Wildman–Crippen MR) is 145 cm³/mol. The van der Waals surface area contributed by atoms with Gasteiger partial charge in [0.25, 0.3) is 5.56 Å². The van der Waals surface area contributed by atoms with Crippen LogP contribution in [0.2, 0.25) is 0 Å². The number of benzene rings is 2. The van der Waals surface area contributed by atoms with E-state index in [9.17, 15) is 4.79 Å². The molecule has 0 fully saturated rings. The monoisotopic (exact) mass is 486 g/mol. The molecule has 0 amide bonds. The van der Waals surface area contributed by atoms with E-state index in [0.29, 0.717) is 6.54 Å². The fourth-order valence-corrected chi connectivity index (χ4v) is 4.78. The number of hydrogen-bond donors (Lipinski definition) is 1. The highest BCUT2D eigenvalue weighted by atomic mass is 16.1. The molecule has 0 aliphatic carbocycles. The van der Waals surface area contributed by atoms with Crippen molar-refractivity contribution in [1.29, 1.82) is 0 Å². The van der Waals surface area contributed by atoms with E-state index >= 15 is 0 Å². The summed E-state index contributed by atoms with van der Waals surface area (Å²) >= 11 is 0. The highest BCUT2D eigenvalue weighted by molar-refractivity contribution is 5.79. The number of H-pyrrole nitrogens is 1. The number of aromatic amines is 1. The fraction of sp³-hybridized carbons (Fsp3) is 0.448. The molecule has 0 radical (unpaired) electrons. The second-order valence-electron chi connectivity index (χ2n) is 10.7. The molecule has 1 atom stereocenters. The van der Waals surface area contributed by atoms with Crippen molar-refractivity contribution < 1.29 is 0 Å². The van der Waals surface area contributed by atoms with Crippen LogP contribution in [0.15, 0.2) is 59.4 Å². The molecular weight excluding hydrogens is 448 g/mol. The summed E-state index contributed by atoms with van der Waals surface area (Å²) in [5, 5.41) is 14.1. The zero-order valence-electron chi connectivity index (χ0n) is 22.3. The summed E-state index contributed by atoms with van der Waals surface area (Å²) in [4.78, 5) is 18.6. The maximum absolute atomic E-state index is 13.2. The van der Waals surface area contributed by atoms with Crippen LogP contribution in [-0.2, 0) is 18.5 Å². The van der Waals surface area contributed by atoms with E-state index in [1.54, 1.807) is 0 Å². The third-order valence-electron chi connectivity index (χ3n) is 7.20. The zero-order valence-corrected chi connectivity index (χ0v) is 22.3. The van der Waals surface area contributed by atoms with Crippen molar-refractivity contribution in [2.45, 2.75) is 72.5 Å². The number of tetrazole rings is 1. The molecule has 1 N–H and O–H groups in total. The quantitative estimate of drug-likeness (QED) is 0.324. The van der Waals surface area contributed by atoms with Crippen LogP contribution in [0.4, 0.5) is 0 Å². The van der Waals surface area contributed by atoms with Gasteiger partial charge < -0.3 is 4.98 Å². The molecule has 0 aliphatic heterocycles. The van der Waals surface area contributed by atoms with Crippen molar-refractivity contribution in [3.63, 3.8) is 0 Å². The molecule has 4 aromatic rings. The van der Waals surface area contributed by atoms with Gasteiger partial charge in [0, 0.05) is 24.2 Å². The number of aromatic nitrogens is 5. The minimum absolute atomic E-state index is 0.0490. The molecule has 0 aliphatic rings.